The van der Waals surface area contributed by atoms with Gasteiger partial charge in [-0.3, -0.25) is 4.79 Å². The van der Waals surface area contributed by atoms with Crippen molar-refractivity contribution in [2.45, 2.75) is 26.4 Å². The average molecular weight is 258 g/mol. The molecule has 1 amide bonds. The first kappa shape index (κ1) is 14.4. The van der Waals surface area contributed by atoms with Crippen molar-refractivity contribution >= 4 is 5.91 Å². The number of halogens is 2. The third-order valence-electron chi connectivity index (χ3n) is 2.14. The molecule has 0 aliphatic heterocycles. The van der Waals surface area contributed by atoms with Gasteiger partial charge in [0.2, 0.25) is 5.91 Å². The smallest absolute Gasteiger partial charge is 0.234 e. The second-order valence-electron chi connectivity index (χ2n) is 4.23. The monoisotopic (exact) mass is 258 g/mol. The molecule has 0 unspecified atom stereocenters. The van der Waals surface area contributed by atoms with Gasteiger partial charge in [0.05, 0.1) is 6.54 Å². The van der Waals surface area contributed by atoms with Gasteiger partial charge in [-0.25, -0.2) is 8.78 Å². The number of nitrogens with one attached hydrogen (secondary N) is 2. The maximum atomic E-state index is 13.0. The quantitative estimate of drug-likeness (QED) is 0.745. The van der Waals surface area contributed by atoms with E-state index >= 15 is 0 Å². The van der Waals surface area contributed by atoms with Gasteiger partial charge >= 0.3 is 0 Å². The lowest BCUT2D eigenvalue weighted by molar-refractivity contribution is -0.120. The molecule has 6 heteroatoms. The van der Waals surface area contributed by atoms with E-state index in [0.717, 1.165) is 12.1 Å². The topological polar surface area (TPSA) is 61.4 Å². The highest BCUT2D eigenvalue weighted by molar-refractivity contribution is 5.78. The van der Waals surface area contributed by atoms with Crippen molar-refractivity contribution in [3.8, 4) is 5.75 Å². The number of phenolic OH excluding ortho intramolecular Hbond substituents is 1. The van der Waals surface area contributed by atoms with Crippen LogP contribution in [0.4, 0.5) is 8.78 Å². The minimum atomic E-state index is -1.02. The molecule has 3 N–H and O–H groups in total. The Morgan fingerprint density at radius 1 is 1.33 bits per heavy atom. The fourth-order valence-corrected chi connectivity index (χ4v) is 1.41. The molecule has 18 heavy (non-hydrogen) atoms. The Morgan fingerprint density at radius 2 is 1.89 bits per heavy atom. The van der Waals surface area contributed by atoms with Gasteiger partial charge in [-0.1, -0.05) is 0 Å². The fraction of sp³-hybridized carbons (Fsp3) is 0.417. The highest BCUT2D eigenvalue weighted by atomic mass is 19.1. The Balaban J connectivity index is 2.47. The van der Waals surface area contributed by atoms with Crippen molar-refractivity contribution < 1.29 is 18.7 Å². The van der Waals surface area contributed by atoms with Gasteiger partial charge in [0.1, 0.15) is 0 Å². The van der Waals surface area contributed by atoms with E-state index < -0.39 is 17.4 Å². The molecule has 100 valence electrons. The Hall–Kier alpha value is -1.69. The van der Waals surface area contributed by atoms with Crippen molar-refractivity contribution in [2.75, 3.05) is 6.54 Å². The summed E-state index contributed by atoms with van der Waals surface area (Å²) in [5, 5.41) is 14.3. The zero-order valence-electron chi connectivity index (χ0n) is 10.3. The van der Waals surface area contributed by atoms with E-state index in [9.17, 15) is 13.6 Å². The van der Waals surface area contributed by atoms with Crippen LogP contribution in [0.15, 0.2) is 12.1 Å². The van der Waals surface area contributed by atoms with Crippen LogP contribution < -0.4 is 10.6 Å². The molecule has 1 rings (SSSR count). The first-order valence-corrected chi connectivity index (χ1v) is 5.57. The Kier molecular flexibility index (Phi) is 5.03. The standard InChI is InChI=1S/C12H16F2N2O2/c1-7(2)16-11(17)6-15-5-8-3-9(13)12(18)10(14)4-8/h3-4,7,15,18H,5-6H2,1-2H3,(H,16,17). The normalized spacial score (nSPS) is 10.7. The first-order chi connectivity index (χ1) is 8.40. The van der Waals surface area contributed by atoms with Gasteiger partial charge < -0.3 is 15.7 Å². The molecule has 0 aliphatic carbocycles. The SMILES string of the molecule is CC(C)NC(=O)CNCc1cc(F)c(O)c(F)c1. The summed E-state index contributed by atoms with van der Waals surface area (Å²) >= 11 is 0. The van der Waals surface area contributed by atoms with E-state index in [2.05, 4.69) is 10.6 Å². The molecule has 0 spiro atoms. The van der Waals surface area contributed by atoms with Crippen LogP contribution in [0.5, 0.6) is 5.75 Å². The highest BCUT2D eigenvalue weighted by Crippen LogP contribution is 2.21. The summed E-state index contributed by atoms with van der Waals surface area (Å²) in [6.45, 7) is 3.87. The first-order valence-electron chi connectivity index (χ1n) is 5.57. The van der Waals surface area contributed by atoms with Crippen molar-refractivity contribution in [1.82, 2.24) is 10.6 Å². The van der Waals surface area contributed by atoms with Gasteiger partial charge in [0, 0.05) is 12.6 Å². The van der Waals surface area contributed by atoms with Gasteiger partial charge in [-0.15, -0.1) is 0 Å². The van der Waals surface area contributed by atoms with Crippen molar-refractivity contribution in [3.63, 3.8) is 0 Å². The van der Waals surface area contributed by atoms with Gasteiger partial charge in [-0.2, -0.15) is 0 Å². The molecule has 0 radical (unpaired) electrons. The molecule has 0 bridgehead atoms. The number of phenols is 1. The molecular weight excluding hydrogens is 242 g/mol. The molecule has 4 nitrogen and oxygen atoms in total. The van der Waals surface area contributed by atoms with E-state index in [1.807, 2.05) is 13.8 Å². The summed E-state index contributed by atoms with van der Waals surface area (Å²) in [6, 6.07) is 2.08. The Bertz CT molecular complexity index is 413. The third kappa shape index (κ3) is 4.29. The molecule has 0 saturated heterocycles. The number of benzene rings is 1. The van der Waals surface area contributed by atoms with Gasteiger partial charge in [0.15, 0.2) is 17.4 Å². The van der Waals surface area contributed by atoms with Crippen molar-refractivity contribution in [3.05, 3.63) is 29.3 Å². The molecular formula is C12H16F2N2O2. The fourth-order valence-electron chi connectivity index (χ4n) is 1.41. The number of carbonyl (C=O) groups excluding carboxylic acids is 1. The van der Waals surface area contributed by atoms with Gasteiger partial charge in [0.25, 0.3) is 0 Å². The zero-order chi connectivity index (χ0) is 13.7. The molecule has 1 aromatic carbocycles. The molecule has 0 aliphatic rings. The summed E-state index contributed by atoms with van der Waals surface area (Å²) in [5.74, 6) is -3.21. The van der Waals surface area contributed by atoms with Crippen LogP contribution >= 0.6 is 0 Å². The molecule has 0 fully saturated rings. The molecule has 0 atom stereocenters. The van der Waals surface area contributed by atoms with Crippen LogP contribution in [0.3, 0.4) is 0 Å². The van der Waals surface area contributed by atoms with Crippen LogP contribution in [-0.2, 0) is 11.3 Å². The van der Waals surface area contributed by atoms with Crippen molar-refractivity contribution in [1.29, 1.82) is 0 Å². The maximum Gasteiger partial charge on any atom is 0.234 e. The largest absolute Gasteiger partial charge is 0.503 e. The number of hydrogen-bond acceptors (Lipinski definition) is 3. The zero-order valence-corrected chi connectivity index (χ0v) is 10.3. The molecule has 0 saturated carbocycles. The van der Waals surface area contributed by atoms with Crippen molar-refractivity contribution in [2.24, 2.45) is 0 Å². The minimum absolute atomic E-state index is 0.0443. The molecule has 0 aromatic heterocycles. The van der Waals surface area contributed by atoms with E-state index in [-0.39, 0.29) is 25.0 Å². The molecule has 0 heterocycles. The van der Waals surface area contributed by atoms with E-state index in [1.165, 1.54) is 0 Å². The molecule has 1 aromatic rings. The maximum absolute atomic E-state index is 13.0. The van der Waals surface area contributed by atoms with Crippen LogP contribution in [0.1, 0.15) is 19.4 Å². The number of aromatic hydroxyl groups is 1. The van der Waals surface area contributed by atoms with E-state index in [0.29, 0.717) is 5.56 Å². The average Bonchev–Trinajstić information content (AvgIpc) is 2.24. The van der Waals surface area contributed by atoms with E-state index in [4.69, 9.17) is 5.11 Å². The summed E-state index contributed by atoms with van der Waals surface area (Å²) in [7, 11) is 0. The lowest BCUT2D eigenvalue weighted by Crippen LogP contribution is -2.37. The summed E-state index contributed by atoms with van der Waals surface area (Å²) in [5.41, 5.74) is 0.320. The predicted octanol–water partition coefficient (Wildman–Crippen LogP) is 1.28. The minimum Gasteiger partial charge on any atom is -0.503 e. The number of rotatable bonds is 5. The highest BCUT2D eigenvalue weighted by Gasteiger charge is 2.09. The Morgan fingerprint density at radius 3 is 2.39 bits per heavy atom. The lowest BCUT2D eigenvalue weighted by atomic mass is 10.2. The number of hydrogen-bond donors (Lipinski definition) is 3. The van der Waals surface area contributed by atoms with Gasteiger partial charge in [-0.05, 0) is 31.5 Å². The predicted molar refractivity (Wildman–Crippen MR) is 63.0 cm³/mol. The third-order valence-corrected chi connectivity index (χ3v) is 2.14. The van der Waals surface area contributed by atoms with E-state index in [1.54, 1.807) is 0 Å². The second kappa shape index (κ2) is 6.30. The number of carbonyl (C=O) groups is 1. The van der Waals surface area contributed by atoms with Crippen LogP contribution in [0.2, 0.25) is 0 Å². The Labute approximate surface area is 104 Å². The second-order valence-corrected chi connectivity index (χ2v) is 4.23. The van der Waals surface area contributed by atoms with Crippen LogP contribution in [-0.4, -0.2) is 23.6 Å². The summed E-state index contributed by atoms with van der Waals surface area (Å²) < 4.78 is 26.0. The summed E-state index contributed by atoms with van der Waals surface area (Å²) in [6.07, 6.45) is 0. The summed E-state index contributed by atoms with van der Waals surface area (Å²) in [4.78, 5) is 11.3. The number of amides is 1. The lowest BCUT2D eigenvalue weighted by Gasteiger charge is -2.09. The van der Waals surface area contributed by atoms with Crippen LogP contribution in [0.25, 0.3) is 0 Å². The van der Waals surface area contributed by atoms with Crippen LogP contribution in [0, 0.1) is 11.6 Å².